The van der Waals surface area contributed by atoms with Crippen LogP contribution >= 0.6 is 23.4 Å². The van der Waals surface area contributed by atoms with Crippen LogP contribution in [0.3, 0.4) is 0 Å². The maximum absolute atomic E-state index is 12.5. The molecule has 0 unspecified atom stereocenters. The molecule has 2 aliphatic rings. The van der Waals surface area contributed by atoms with E-state index in [4.69, 9.17) is 16.3 Å². The van der Waals surface area contributed by atoms with Crippen molar-refractivity contribution in [2.45, 2.75) is 11.9 Å². The third kappa shape index (κ3) is 5.80. The molecule has 2 aliphatic heterocycles. The topological polar surface area (TPSA) is 61.9 Å². The fraction of sp³-hybridized carbons (Fsp3) is 0.391. The molecule has 6 nitrogen and oxygen atoms in total. The minimum atomic E-state index is -0.0759. The highest BCUT2D eigenvalue weighted by molar-refractivity contribution is 8.00. The molecule has 0 bridgehead atoms. The van der Waals surface area contributed by atoms with Gasteiger partial charge >= 0.3 is 0 Å². The van der Waals surface area contributed by atoms with E-state index in [1.54, 1.807) is 11.8 Å². The van der Waals surface area contributed by atoms with E-state index in [1.807, 2.05) is 53.4 Å². The molecule has 8 heteroatoms. The zero-order valence-electron chi connectivity index (χ0n) is 17.3. The smallest absolute Gasteiger partial charge is 0.251 e. The number of nitrogens with one attached hydrogen (secondary N) is 1. The number of ether oxygens (including phenoxy) is 1. The van der Waals surface area contributed by atoms with Crippen LogP contribution in [0.1, 0.15) is 26.9 Å². The zero-order valence-corrected chi connectivity index (χ0v) is 18.8. The summed E-state index contributed by atoms with van der Waals surface area (Å²) in [7, 11) is 0. The van der Waals surface area contributed by atoms with Crippen LogP contribution in [0.5, 0.6) is 0 Å². The lowest BCUT2D eigenvalue weighted by Crippen LogP contribution is -2.41. The molecule has 31 heavy (non-hydrogen) atoms. The third-order valence-electron chi connectivity index (χ3n) is 5.51. The zero-order chi connectivity index (χ0) is 21.6. The Balaban J connectivity index is 1.34. The van der Waals surface area contributed by atoms with E-state index in [0.717, 1.165) is 44.0 Å². The molecule has 1 atom stereocenters. The van der Waals surface area contributed by atoms with Gasteiger partial charge in [0.05, 0.1) is 19.0 Å². The first-order valence-corrected chi connectivity index (χ1v) is 11.9. The number of halogens is 1. The fourth-order valence-corrected chi connectivity index (χ4v) is 5.06. The summed E-state index contributed by atoms with van der Waals surface area (Å²) >= 11 is 7.58. The highest BCUT2D eigenvalue weighted by Crippen LogP contribution is 2.39. The van der Waals surface area contributed by atoms with E-state index in [1.165, 1.54) is 0 Å². The fourth-order valence-electron chi connectivity index (χ4n) is 3.74. The van der Waals surface area contributed by atoms with Crippen molar-refractivity contribution in [2.75, 3.05) is 45.1 Å². The standard InChI is InChI=1S/C23H26ClN3O3S/c24-20-7-1-17(2-8-20)15-27-21(28)16-31-23(27)19-5-3-18(4-6-19)22(29)25-9-10-26-11-13-30-14-12-26/h1-8,23H,9-16H2,(H,25,29)/t23-/m0/s1. The number of nitrogens with zero attached hydrogens (tertiary/aromatic N) is 2. The first kappa shape index (κ1) is 22.1. The predicted molar refractivity (Wildman–Crippen MR) is 123 cm³/mol. The number of amides is 2. The van der Waals surface area contributed by atoms with Crippen molar-refractivity contribution in [2.24, 2.45) is 0 Å². The monoisotopic (exact) mass is 459 g/mol. The van der Waals surface area contributed by atoms with Gasteiger partial charge in [-0.1, -0.05) is 35.9 Å². The summed E-state index contributed by atoms with van der Waals surface area (Å²) in [4.78, 5) is 29.1. The quantitative estimate of drug-likeness (QED) is 0.689. The molecule has 2 heterocycles. The molecule has 164 valence electrons. The van der Waals surface area contributed by atoms with Gasteiger partial charge in [0, 0.05) is 43.3 Å². The summed E-state index contributed by atoms with van der Waals surface area (Å²) in [5.41, 5.74) is 2.69. The molecule has 0 spiro atoms. The number of benzene rings is 2. The molecule has 0 saturated carbocycles. The Morgan fingerprint density at radius 3 is 2.52 bits per heavy atom. The number of hydrogen-bond acceptors (Lipinski definition) is 5. The van der Waals surface area contributed by atoms with Crippen LogP contribution in [-0.4, -0.2) is 66.8 Å². The predicted octanol–water partition coefficient (Wildman–Crippen LogP) is 3.18. The highest BCUT2D eigenvalue weighted by atomic mass is 35.5. The van der Waals surface area contributed by atoms with Gasteiger partial charge < -0.3 is 15.0 Å². The molecule has 4 rings (SSSR count). The van der Waals surface area contributed by atoms with E-state index < -0.39 is 0 Å². The summed E-state index contributed by atoms with van der Waals surface area (Å²) < 4.78 is 5.34. The Labute approximate surface area is 191 Å². The average molecular weight is 460 g/mol. The molecule has 2 fully saturated rings. The average Bonchev–Trinajstić information content (AvgIpc) is 3.16. The van der Waals surface area contributed by atoms with Gasteiger partial charge in [-0.3, -0.25) is 14.5 Å². The van der Waals surface area contributed by atoms with Crippen LogP contribution in [0.4, 0.5) is 0 Å². The second-order valence-electron chi connectivity index (χ2n) is 7.64. The van der Waals surface area contributed by atoms with Crippen molar-refractivity contribution < 1.29 is 14.3 Å². The Morgan fingerprint density at radius 2 is 1.81 bits per heavy atom. The summed E-state index contributed by atoms with van der Waals surface area (Å²) in [5.74, 6) is 0.505. The summed E-state index contributed by atoms with van der Waals surface area (Å²) in [6, 6.07) is 15.1. The van der Waals surface area contributed by atoms with Crippen LogP contribution in [0.15, 0.2) is 48.5 Å². The molecular weight excluding hydrogens is 434 g/mol. The summed E-state index contributed by atoms with van der Waals surface area (Å²) in [5, 5.41) is 3.61. The van der Waals surface area contributed by atoms with Crippen molar-refractivity contribution in [3.8, 4) is 0 Å². The van der Waals surface area contributed by atoms with Gasteiger partial charge in [0.25, 0.3) is 5.91 Å². The number of carbonyl (C=O) groups excluding carboxylic acids is 2. The number of rotatable bonds is 7. The van der Waals surface area contributed by atoms with Crippen LogP contribution in [-0.2, 0) is 16.1 Å². The number of carbonyl (C=O) groups is 2. The molecule has 0 radical (unpaired) electrons. The van der Waals surface area contributed by atoms with Crippen LogP contribution in [0.25, 0.3) is 0 Å². The molecule has 1 N–H and O–H groups in total. The SMILES string of the molecule is O=C(NCCN1CCOCC1)c1ccc([C@@H]2SCC(=O)N2Cc2ccc(Cl)cc2)cc1. The van der Waals surface area contributed by atoms with Crippen molar-refractivity contribution in [3.05, 3.63) is 70.2 Å². The lowest BCUT2D eigenvalue weighted by atomic mass is 10.1. The molecule has 0 aromatic heterocycles. The van der Waals surface area contributed by atoms with E-state index in [9.17, 15) is 9.59 Å². The summed E-state index contributed by atoms with van der Waals surface area (Å²) in [6.07, 6.45) is 0. The Hall–Kier alpha value is -2.06. The second-order valence-corrected chi connectivity index (χ2v) is 9.15. The van der Waals surface area contributed by atoms with Gasteiger partial charge in [-0.05, 0) is 35.4 Å². The molecular formula is C23H26ClN3O3S. The van der Waals surface area contributed by atoms with E-state index >= 15 is 0 Å². The minimum absolute atomic E-state index is 0.0541. The van der Waals surface area contributed by atoms with Gasteiger partial charge in [0.1, 0.15) is 5.37 Å². The highest BCUT2D eigenvalue weighted by Gasteiger charge is 2.32. The van der Waals surface area contributed by atoms with E-state index in [0.29, 0.717) is 29.4 Å². The lowest BCUT2D eigenvalue weighted by molar-refractivity contribution is -0.128. The van der Waals surface area contributed by atoms with Crippen molar-refractivity contribution in [1.29, 1.82) is 0 Å². The molecule has 2 aromatic carbocycles. The van der Waals surface area contributed by atoms with E-state index in [2.05, 4.69) is 10.2 Å². The lowest BCUT2D eigenvalue weighted by Gasteiger charge is -2.26. The first-order valence-electron chi connectivity index (χ1n) is 10.4. The maximum Gasteiger partial charge on any atom is 0.251 e. The number of morpholine rings is 1. The van der Waals surface area contributed by atoms with Gasteiger partial charge in [0.15, 0.2) is 0 Å². The van der Waals surface area contributed by atoms with E-state index in [-0.39, 0.29) is 17.2 Å². The maximum atomic E-state index is 12.5. The second kappa shape index (κ2) is 10.5. The van der Waals surface area contributed by atoms with Gasteiger partial charge in [-0.15, -0.1) is 11.8 Å². The van der Waals surface area contributed by atoms with Crippen molar-refractivity contribution in [1.82, 2.24) is 15.1 Å². The Kier molecular flexibility index (Phi) is 7.50. The van der Waals surface area contributed by atoms with Gasteiger partial charge in [-0.25, -0.2) is 0 Å². The normalized spacial score (nSPS) is 19.6. The van der Waals surface area contributed by atoms with Crippen LogP contribution < -0.4 is 5.32 Å². The molecule has 2 aromatic rings. The number of hydrogen-bond donors (Lipinski definition) is 1. The third-order valence-corrected chi connectivity index (χ3v) is 7.02. The van der Waals surface area contributed by atoms with Crippen molar-refractivity contribution >= 4 is 35.2 Å². The van der Waals surface area contributed by atoms with Gasteiger partial charge in [0.2, 0.25) is 5.91 Å². The first-order chi connectivity index (χ1) is 15.1. The van der Waals surface area contributed by atoms with Gasteiger partial charge in [-0.2, -0.15) is 0 Å². The van der Waals surface area contributed by atoms with Crippen LogP contribution in [0, 0.1) is 0 Å². The van der Waals surface area contributed by atoms with Crippen molar-refractivity contribution in [3.63, 3.8) is 0 Å². The molecule has 0 aliphatic carbocycles. The largest absolute Gasteiger partial charge is 0.379 e. The Bertz CT molecular complexity index is 901. The Morgan fingerprint density at radius 1 is 1.10 bits per heavy atom. The molecule has 2 amide bonds. The molecule has 2 saturated heterocycles. The van der Waals surface area contributed by atoms with Crippen LogP contribution in [0.2, 0.25) is 5.02 Å². The summed E-state index contributed by atoms with van der Waals surface area (Å²) in [6.45, 7) is 5.32. The minimum Gasteiger partial charge on any atom is -0.379 e. The number of thioether (sulfide) groups is 1.